The molecule has 2 heterocycles. The average molecular weight is 176 g/mol. The fourth-order valence-electron chi connectivity index (χ4n) is 1.23. The molecule has 0 saturated heterocycles. The molecule has 1 atom stereocenters. The Morgan fingerprint density at radius 1 is 1.54 bits per heavy atom. The zero-order valence-electron chi connectivity index (χ0n) is 7.74. The first-order valence-corrected chi connectivity index (χ1v) is 4.33. The molecule has 1 aromatic heterocycles. The van der Waals surface area contributed by atoms with Crippen molar-refractivity contribution in [3.8, 4) is 0 Å². The van der Waals surface area contributed by atoms with E-state index in [-0.39, 0.29) is 0 Å². The van der Waals surface area contributed by atoms with Gasteiger partial charge in [-0.15, -0.1) is 0 Å². The average Bonchev–Trinajstić information content (AvgIpc) is 2.47. The highest BCUT2D eigenvalue weighted by atomic mass is 16.4. The molecule has 0 bridgehead atoms. The van der Waals surface area contributed by atoms with Gasteiger partial charge in [-0.05, 0) is 0 Å². The highest BCUT2D eigenvalue weighted by molar-refractivity contribution is 5.76. The highest BCUT2D eigenvalue weighted by Crippen LogP contribution is 2.30. The number of allylic oxidation sites excluding steroid dienone is 1. The van der Waals surface area contributed by atoms with Crippen molar-refractivity contribution in [2.24, 2.45) is 10.9 Å². The van der Waals surface area contributed by atoms with E-state index in [4.69, 9.17) is 4.42 Å². The number of fused-ring (bicyclic) bond motifs is 1. The Bertz CT molecular complexity index is 332. The minimum Gasteiger partial charge on any atom is -0.422 e. The van der Waals surface area contributed by atoms with Gasteiger partial charge >= 0.3 is 0 Å². The Labute approximate surface area is 77.2 Å². The van der Waals surface area contributed by atoms with Gasteiger partial charge in [0, 0.05) is 30.8 Å². The molecule has 0 radical (unpaired) electrons. The van der Waals surface area contributed by atoms with Gasteiger partial charge in [0.05, 0.1) is 0 Å². The van der Waals surface area contributed by atoms with Gasteiger partial charge in [-0.3, -0.25) is 0 Å². The lowest BCUT2D eigenvalue weighted by Crippen LogP contribution is -1.87. The van der Waals surface area contributed by atoms with Crippen LogP contribution in [-0.2, 0) is 0 Å². The van der Waals surface area contributed by atoms with Crippen molar-refractivity contribution in [1.82, 2.24) is 0 Å². The second-order valence-corrected chi connectivity index (χ2v) is 3.12. The molecule has 1 aliphatic heterocycles. The fourth-order valence-corrected chi connectivity index (χ4v) is 1.23. The van der Waals surface area contributed by atoms with Crippen LogP contribution >= 0.6 is 0 Å². The lowest BCUT2D eigenvalue weighted by molar-refractivity contribution is 0.593. The summed E-state index contributed by atoms with van der Waals surface area (Å²) in [6, 6.07) is 1.95. The van der Waals surface area contributed by atoms with Gasteiger partial charge in [0.15, 0.2) is 5.88 Å². The van der Waals surface area contributed by atoms with Crippen LogP contribution in [-0.4, -0.2) is 13.3 Å². The van der Waals surface area contributed by atoms with Gasteiger partial charge in [-0.2, -0.15) is 0 Å². The van der Waals surface area contributed by atoms with Gasteiger partial charge in [0.1, 0.15) is 0 Å². The Kier molecular flexibility index (Phi) is 1.93. The van der Waals surface area contributed by atoms with Crippen LogP contribution in [0.5, 0.6) is 0 Å². The molecule has 1 unspecified atom stereocenters. The zero-order valence-corrected chi connectivity index (χ0v) is 7.74. The molecule has 3 nitrogen and oxygen atoms in total. The first kappa shape index (κ1) is 8.10. The van der Waals surface area contributed by atoms with Crippen LogP contribution in [0.15, 0.2) is 21.6 Å². The monoisotopic (exact) mass is 176 g/mol. The predicted molar refractivity (Wildman–Crippen MR) is 54.6 cm³/mol. The molecule has 0 fully saturated rings. The molecule has 0 saturated carbocycles. The molecule has 1 aromatic rings. The number of anilines is 1. The lowest BCUT2D eigenvalue weighted by Gasteiger charge is -1.92. The number of furan rings is 1. The van der Waals surface area contributed by atoms with Crippen molar-refractivity contribution >= 4 is 24.1 Å². The van der Waals surface area contributed by atoms with Gasteiger partial charge in [-0.25, -0.2) is 4.99 Å². The number of nitrogens with one attached hydrogen (secondary N) is 1. The largest absolute Gasteiger partial charge is 0.422 e. The fraction of sp³-hybridized carbons (Fsp3) is 0.300. The van der Waals surface area contributed by atoms with Crippen molar-refractivity contribution < 1.29 is 4.42 Å². The van der Waals surface area contributed by atoms with Crippen LogP contribution in [0, 0.1) is 5.92 Å². The minimum absolute atomic E-state index is 0.376. The molecule has 3 heteroatoms. The summed E-state index contributed by atoms with van der Waals surface area (Å²) >= 11 is 0. The highest BCUT2D eigenvalue weighted by Gasteiger charge is 2.09. The molecule has 1 aliphatic rings. The molecule has 0 amide bonds. The quantitative estimate of drug-likeness (QED) is 0.714. The Balaban J connectivity index is 2.42. The lowest BCUT2D eigenvalue weighted by atomic mass is 10.2. The number of nitrogens with zero attached hydrogens (tertiary/aromatic N) is 1. The van der Waals surface area contributed by atoms with Crippen LogP contribution in [0.1, 0.15) is 12.5 Å². The van der Waals surface area contributed by atoms with Crippen LogP contribution < -0.4 is 5.32 Å². The minimum atomic E-state index is 0.376. The second-order valence-electron chi connectivity index (χ2n) is 3.12. The third kappa shape index (κ3) is 1.49. The second kappa shape index (κ2) is 3.09. The number of rotatable bonds is 1. The molecule has 0 aliphatic carbocycles. The number of hydrogen-bond donors (Lipinski definition) is 1. The Morgan fingerprint density at radius 2 is 2.38 bits per heavy atom. The molecule has 0 aromatic carbocycles. The van der Waals surface area contributed by atoms with Crippen molar-refractivity contribution in [2.45, 2.75) is 6.92 Å². The van der Waals surface area contributed by atoms with Crippen LogP contribution in [0.25, 0.3) is 6.08 Å². The van der Waals surface area contributed by atoms with Crippen molar-refractivity contribution in [2.75, 3.05) is 12.4 Å². The van der Waals surface area contributed by atoms with E-state index < -0.39 is 0 Å². The van der Waals surface area contributed by atoms with Crippen molar-refractivity contribution in [3.63, 3.8) is 0 Å². The van der Waals surface area contributed by atoms with Gasteiger partial charge in [0.2, 0.25) is 5.88 Å². The summed E-state index contributed by atoms with van der Waals surface area (Å²) in [5, 5.41) is 2.94. The van der Waals surface area contributed by atoms with E-state index in [1.54, 1.807) is 0 Å². The summed E-state index contributed by atoms with van der Waals surface area (Å²) in [7, 11) is 1.83. The smallest absolute Gasteiger partial charge is 0.228 e. The van der Waals surface area contributed by atoms with E-state index >= 15 is 0 Å². The first-order valence-electron chi connectivity index (χ1n) is 4.33. The SMILES string of the molecule is CNc1cc2c(o1)N=CC(C)C=C2. The van der Waals surface area contributed by atoms with E-state index in [0.29, 0.717) is 11.8 Å². The number of hydrogen-bond acceptors (Lipinski definition) is 3. The molecular weight excluding hydrogens is 164 g/mol. The predicted octanol–water partition coefficient (Wildman–Crippen LogP) is 2.69. The summed E-state index contributed by atoms with van der Waals surface area (Å²) in [5.74, 6) is 1.81. The molecular formula is C10H12N2O. The Morgan fingerprint density at radius 3 is 3.15 bits per heavy atom. The van der Waals surface area contributed by atoms with Gasteiger partial charge in [-0.1, -0.05) is 19.1 Å². The van der Waals surface area contributed by atoms with Crippen LogP contribution in [0.3, 0.4) is 0 Å². The third-order valence-electron chi connectivity index (χ3n) is 1.99. The van der Waals surface area contributed by atoms with E-state index in [2.05, 4.69) is 23.3 Å². The first-order chi connectivity index (χ1) is 6.29. The van der Waals surface area contributed by atoms with Gasteiger partial charge in [0.25, 0.3) is 0 Å². The summed E-state index contributed by atoms with van der Waals surface area (Å²) in [5.41, 5.74) is 1.03. The summed E-state index contributed by atoms with van der Waals surface area (Å²) in [6.45, 7) is 2.09. The zero-order chi connectivity index (χ0) is 9.26. The maximum absolute atomic E-state index is 5.42. The maximum atomic E-state index is 5.42. The topological polar surface area (TPSA) is 37.5 Å². The van der Waals surface area contributed by atoms with E-state index in [0.717, 1.165) is 11.4 Å². The maximum Gasteiger partial charge on any atom is 0.228 e. The molecule has 2 rings (SSSR count). The molecule has 0 spiro atoms. The molecule has 1 N–H and O–H groups in total. The van der Waals surface area contributed by atoms with Crippen molar-refractivity contribution in [1.29, 1.82) is 0 Å². The van der Waals surface area contributed by atoms with E-state index in [9.17, 15) is 0 Å². The Hall–Kier alpha value is -1.51. The third-order valence-corrected chi connectivity index (χ3v) is 1.99. The van der Waals surface area contributed by atoms with Crippen LogP contribution in [0.2, 0.25) is 0 Å². The van der Waals surface area contributed by atoms with E-state index in [1.165, 1.54) is 0 Å². The number of aliphatic imine (C=N–C) groups is 1. The molecule has 68 valence electrons. The molecule has 13 heavy (non-hydrogen) atoms. The standard InChI is InChI=1S/C10H12N2O/c1-7-3-4-8-5-9(11-2)13-10(8)12-6-7/h3-7,11H,1-2H3. The van der Waals surface area contributed by atoms with Crippen molar-refractivity contribution in [3.05, 3.63) is 17.7 Å². The summed E-state index contributed by atoms with van der Waals surface area (Å²) < 4.78 is 5.42. The van der Waals surface area contributed by atoms with Crippen LogP contribution in [0.4, 0.5) is 11.8 Å². The normalized spacial score (nSPS) is 19.7. The van der Waals surface area contributed by atoms with Gasteiger partial charge < -0.3 is 9.73 Å². The summed E-state index contributed by atoms with van der Waals surface area (Å²) in [6.07, 6.45) is 6.02. The van der Waals surface area contributed by atoms with E-state index in [1.807, 2.05) is 25.4 Å². The summed E-state index contributed by atoms with van der Waals surface area (Å²) in [4.78, 5) is 4.24.